The Morgan fingerprint density at radius 1 is 0.617 bits per heavy atom. The van der Waals surface area contributed by atoms with Crippen LogP contribution >= 0.6 is 0 Å². The lowest BCUT2D eigenvalue weighted by Crippen LogP contribution is -2.60. The largest absolute Gasteiger partial charge is 0.495 e. The first-order valence-corrected chi connectivity index (χ1v) is 26.2. The molecule has 0 radical (unpaired) electrons. The van der Waals surface area contributed by atoms with Crippen molar-refractivity contribution >= 4 is 22.6 Å². The summed E-state index contributed by atoms with van der Waals surface area (Å²) in [6, 6.07) is 18.9. The minimum atomic E-state index is -2.60. The van der Waals surface area contributed by atoms with Gasteiger partial charge < -0.3 is 46.7 Å². The molecule has 2 saturated heterocycles. The zero-order valence-corrected chi connectivity index (χ0v) is 41.3. The Morgan fingerprint density at radius 2 is 1.12 bits per heavy atom. The highest BCUT2D eigenvalue weighted by Gasteiger charge is 2.58. The summed E-state index contributed by atoms with van der Waals surface area (Å²) in [4.78, 5) is 13.5. The van der Waals surface area contributed by atoms with Crippen LogP contribution in [0.5, 0.6) is 0 Å². The SMILES string of the molecule is CO/C(CO[C@H]1O[C@H](C)[C@@H](OC)[C@H](OC)[C@@H]1OC(=O)c1ccccc1)=C1\OC(OCc2ccccc2)[C@@H](O[Si](C(C)C)(C(C)C)C(C)C)[C@@H]1O[Si](C(C)C)(C(C)C)C(C)C. The number of hydrogen-bond donors (Lipinski definition) is 0. The molecule has 0 saturated carbocycles. The van der Waals surface area contributed by atoms with Crippen LogP contribution in [0, 0.1) is 0 Å². The predicted octanol–water partition coefficient (Wildman–Crippen LogP) is 10.6. The van der Waals surface area contributed by atoms with Crippen molar-refractivity contribution < 1.29 is 51.5 Å². The highest BCUT2D eigenvalue weighted by molar-refractivity contribution is 6.78. The number of carbonyl (C=O) groups excluding carboxylic acids is 1. The van der Waals surface area contributed by atoms with Gasteiger partial charge in [0, 0.05) is 14.2 Å². The molecule has 2 aromatic rings. The Morgan fingerprint density at radius 3 is 1.60 bits per heavy atom. The Kier molecular flexibility index (Phi) is 18.5. The number of hydrogen-bond acceptors (Lipinski definition) is 11. The van der Waals surface area contributed by atoms with Crippen molar-refractivity contribution in [3.8, 4) is 0 Å². The summed E-state index contributed by atoms with van der Waals surface area (Å²) in [5.74, 6) is 0.334. The summed E-state index contributed by atoms with van der Waals surface area (Å²) >= 11 is 0. The number of carbonyl (C=O) groups is 1. The Hall–Kier alpha value is -2.60. The Labute approximate surface area is 363 Å². The molecule has 0 bridgehead atoms. The highest BCUT2D eigenvalue weighted by Crippen LogP contribution is 2.50. The molecule has 60 heavy (non-hydrogen) atoms. The molecule has 2 aliphatic heterocycles. The molecule has 2 aromatic carbocycles. The zero-order valence-electron chi connectivity index (χ0n) is 39.3. The van der Waals surface area contributed by atoms with Gasteiger partial charge in [-0.1, -0.05) is 132 Å². The predicted molar refractivity (Wildman–Crippen MR) is 240 cm³/mol. The Balaban J connectivity index is 1.87. The lowest BCUT2D eigenvalue weighted by Gasteiger charge is -2.48. The molecule has 4 rings (SSSR count). The van der Waals surface area contributed by atoms with Crippen LogP contribution in [0.4, 0.5) is 0 Å². The molecule has 0 amide bonds. The average Bonchev–Trinajstić information content (AvgIpc) is 3.54. The van der Waals surface area contributed by atoms with Crippen molar-refractivity contribution in [2.24, 2.45) is 0 Å². The molecule has 0 aliphatic carbocycles. The van der Waals surface area contributed by atoms with Gasteiger partial charge in [0.1, 0.15) is 31.0 Å². The summed E-state index contributed by atoms with van der Waals surface area (Å²) < 4.78 is 66.4. The van der Waals surface area contributed by atoms with E-state index in [4.69, 9.17) is 46.7 Å². The van der Waals surface area contributed by atoms with Gasteiger partial charge in [-0.2, -0.15) is 0 Å². The molecule has 1 unspecified atom stereocenters. The van der Waals surface area contributed by atoms with Gasteiger partial charge in [-0.05, 0) is 57.9 Å². The van der Waals surface area contributed by atoms with Crippen LogP contribution in [-0.4, -0.2) is 99.7 Å². The van der Waals surface area contributed by atoms with Crippen LogP contribution in [0.3, 0.4) is 0 Å². The minimum Gasteiger partial charge on any atom is -0.495 e. The number of ether oxygens (including phenoxy) is 8. The molecule has 338 valence electrons. The molecule has 8 atom stereocenters. The molecular formula is C47H76O11Si2. The maximum absolute atomic E-state index is 13.5. The second-order valence-electron chi connectivity index (χ2n) is 18.2. The Bertz CT molecular complexity index is 1590. The molecule has 0 N–H and O–H groups in total. The lowest BCUT2D eigenvalue weighted by atomic mass is 9.99. The quantitative estimate of drug-likeness (QED) is 0.0679. The van der Waals surface area contributed by atoms with Crippen LogP contribution in [-0.2, 0) is 53.4 Å². The van der Waals surface area contributed by atoms with E-state index in [1.807, 2.05) is 43.3 Å². The van der Waals surface area contributed by atoms with Gasteiger partial charge in [-0.15, -0.1) is 0 Å². The molecule has 2 heterocycles. The van der Waals surface area contributed by atoms with Crippen LogP contribution in [0.1, 0.15) is 106 Å². The van der Waals surface area contributed by atoms with Crippen LogP contribution in [0.15, 0.2) is 72.2 Å². The first-order chi connectivity index (χ1) is 28.4. The molecule has 2 fully saturated rings. The molecule has 11 nitrogen and oxygen atoms in total. The van der Waals surface area contributed by atoms with Crippen LogP contribution in [0.25, 0.3) is 0 Å². The number of benzene rings is 2. The number of methoxy groups -OCH3 is 3. The molecule has 0 spiro atoms. The maximum atomic E-state index is 13.5. The summed E-state index contributed by atoms with van der Waals surface area (Å²) in [6.45, 7) is 29.4. The van der Waals surface area contributed by atoms with Crippen molar-refractivity contribution in [1.29, 1.82) is 0 Å². The van der Waals surface area contributed by atoms with Crippen molar-refractivity contribution in [3.63, 3.8) is 0 Å². The third-order valence-corrected chi connectivity index (χ3v) is 25.0. The molecular weight excluding hydrogens is 797 g/mol. The van der Waals surface area contributed by atoms with E-state index < -0.39 is 71.8 Å². The van der Waals surface area contributed by atoms with E-state index in [0.717, 1.165) is 5.56 Å². The topological polar surface area (TPSA) is 109 Å². The molecule has 2 aliphatic rings. The van der Waals surface area contributed by atoms with E-state index >= 15 is 0 Å². The van der Waals surface area contributed by atoms with E-state index in [1.165, 1.54) is 0 Å². The van der Waals surface area contributed by atoms with E-state index in [0.29, 0.717) is 40.3 Å². The first-order valence-electron chi connectivity index (χ1n) is 21.9. The van der Waals surface area contributed by atoms with Gasteiger partial charge in [0.25, 0.3) is 0 Å². The van der Waals surface area contributed by atoms with Gasteiger partial charge in [-0.3, -0.25) is 0 Å². The zero-order chi connectivity index (χ0) is 44.5. The minimum absolute atomic E-state index is 0.102. The van der Waals surface area contributed by atoms with Crippen molar-refractivity contribution in [3.05, 3.63) is 83.3 Å². The van der Waals surface area contributed by atoms with Gasteiger partial charge in [-0.25, -0.2) is 4.79 Å². The van der Waals surface area contributed by atoms with Crippen molar-refractivity contribution in [2.75, 3.05) is 27.9 Å². The molecule has 0 aromatic heterocycles. The van der Waals surface area contributed by atoms with E-state index in [-0.39, 0.29) is 23.2 Å². The normalized spacial score (nSPS) is 26.1. The van der Waals surface area contributed by atoms with Crippen molar-refractivity contribution in [1.82, 2.24) is 0 Å². The fourth-order valence-corrected chi connectivity index (χ4v) is 21.2. The molecule has 13 heteroatoms. The summed E-state index contributed by atoms with van der Waals surface area (Å²) in [6.07, 6.45) is -5.83. The van der Waals surface area contributed by atoms with Gasteiger partial charge >= 0.3 is 5.97 Å². The second-order valence-corrected chi connectivity index (χ2v) is 29.0. The van der Waals surface area contributed by atoms with Crippen molar-refractivity contribution in [2.45, 2.75) is 179 Å². The summed E-state index contributed by atoms with van der Waals surface area (Å²) in [5.41, 5.74) is 3.09. The first kappa shape index (κ1) is 50.1. The van der Waals surface area contributed by atoms with E-state index in [9.17, 15) is 4.79 Å². The smallest absolute Gasteiger partial charge is 0.338 e. The number of esters is 1. The van der Waals surface area contributed by atoms with E-state index in [1.54, 1.807) is 45.6 Å². The average molecular weight is 873 g/mol. The van der Waals surface area contributed by atoms with Gasteiger partial charge in [0.05, 0.1) is 25.4 Å². The lowest BCUT2D eigenvalue weighted by molar-refractivity contribution is -0.298. The fourth-order valence-electron chi connectivity index (χ4n) is 10.1. The monoisotopic (exact) mass is 872 g/mol. The highest BCUT2D eigenvalue weighted by atomic mass is 28.4. The van der Waals surface area contributed by atoms with Gasteiger partial charge in [0.2, 0.25) is 22.9 Å². The third-order valence-electron chi connectivity index (χ3n) is 12.8. The number of rotatable bonds is 21. The standard InChI is InChI=1S/C47H76O11Si2/c1-29(2)59(30(3)4,31(5)6)57-42-40(56-47(52-27-36-23-19-17-20-24-36)44(42)58-60(32(7)8,33(9)10)34(11)12)38(49-14)28-53-46-43(41(51-16)39(50-15)35(13)54-46)55-45(48)37-25-21-18-22-26-37/h17-26,29-35,39,41-44,46-47H,27-28H2,1-16H3/b40-38-/t35-,39-,41+,42-,43+,44+,46+,47?/m1/s1. The third kappa shape index (κ3) is 10.8. The fraction of sp³-hybridized carbons (Fsp3) is 0.681. The van der Waals surface area contributed by atoms with Crippen LogP contribution < -0.4 is 0 Å². The second kappa shape index (κ2) is 22.2. The summed E-state index contributed by atoms with van der Waals surface area (Å²) in [7, 11) is -0.419. The summed E-state index contributed by atoms with van der Waals surface area (Å²) in [5, 5.41) is 0. The van der Waals surface area contributed by atoms with Crippen LogP contribution in [0.2, 0.25) is 33.2 Å². The maximum Gasteiger partial charge on any atom is 0.338 e. The van der Waals surface area contributed by atoms with E-state index in [2.05, 4.69) is 83.1 Å². The van der Waals surface area contributed by atoms with Gasteiger partial charge in [0.15, 0.2) is 23.9 Å².